The summed E-state index contributed by atoms with van der Waals surface area (Å²) in [6.07, 6.45) is 0.679. The highest BCUT2D eigenvalue weighted by atomic mass is 19.2. The molecule has 26 heteroatoms. The summed E-state index contributed by atoms with van der Waals surface area (Å²) in [4.78, 5) is 132. The Morgan fingerprint density at radius 3 is 1.21 bits per heavy atom. The van der Waals surface area contributed by atoms with Gasteiger partial charge in [0.25, 0.3) is 11.8 Å². The minimum absolute atomic E-state index is 0.0238. The normalized spacial score (nSPS) is 16.1. The SMILES string of the molecule is CC(C)(C)OC(=O)C[C@H](NC(=O)[C@H]1CCCCN(C(=O)C(=O)Cc2ccccc2C(C)(C)C)C1)C(=O)COc1c(F)c(F)cc(F)c1F.CC(C)(C)c1ccccc1CC(=O)C(=O)N1CCCC[C@H](C(=O)N[C@@H](CC(=O)O)C(=O)COc2c(F)c(F)cc(F)c2F)C1. The van der Waals surface area contributed by atoms with Crippen LogP contribution in [-0.4, -0.2) is 131 Å². The van der Waals surface area contributed by atoms with E-state index in [-0.39, 0.29) is 68.4 Å². The number of carboxylic acid groups (broad SMARTS) is 1. The summed E-state index contributed by atoms with van der Waals surface area (Å²) < 4.78 is 125. The second-order valence-electron chi connectivity index (χ2n) is 25.5. The van der Waals surface area contributed by atoms with Crippen LogP contribution >= 0.6 is 0 Å². The van der Waals surface area contributed by atoms with Gasteiger partial charge in [-0.25, -0.2) is 17.6 Å². The Hall–Kier alpha value is -8.58. The van der Waals surface area contributed by atoms with Crippen LogP contribution in [0.5, 0.6) is 11.5 Å². The monoisotopic (exact) mass is 1300 g/mol. The second kappa shape index (κ2) is 32.1. The molecule has 18 nitrogen and oxygen atoms in total. The third-order valence-electron chi connectivity index (χ3n) is 14.9. The van der Waals surface area contributed by atoms with Gasteiger partial charge in [-0.2, -0.15) is 17.6 Å². The second-order valence-corrected chi connectivity index (χ2v) is 25.5. The smallest absolute Gasteiger partial charge is 0.308 e. The average Bonchev–Trinajstić information content (AvgIpc) is 1.16. The van der Waals surface area contributed by atoms with E-state index in [9.17, 15) is 88.2 Å². The van der Waals surface area contributed by atoms with Gasteiger partial charge >= 0.3 is 11.9 Å². The first-order valence-electron chi connectivity index (χ1n) is 29.7. The molecule has 0 aromatic heterocycles. The summed E-state index contributed by atoms with van der Waals surface area (Å²) >= 11 is 0. The zero-order valence-electron chi connectivity index (χ0n) is 52.6. The number of carbonyl (C=O) groups excluding carboxylic acids is 9. The molecule has 0 spiro atoms. The topological polar surface area (TPSA) is 249 Å². The van der Waals surface area contributed by atoms with E-state index < -0.39 is 172 Å². The first kappa shape index (κ1) is 74.2. The van der Waals surface area contributed by atoms with Gasteiger partial charge in [0.1, 0.15) is 30.9 Å². The number of ether oxygens (including phenoxy) is 3. The van der Waals surface area contributed by atoms with Crippen molar-refractivity contribution < 1.29 is 102 Å². The molecule has 2 aliphatic heterocycles. The summed E-state index contributed by atoms with van der Waals surface area (Å²) in [5.41, 5.74) is 1.78. The van der Waals surface area contributed by atoms with Gasteiger partial charge in [-0.1, -0.05) is 103 Å². The lowest BCUT2D eigenvalue weighted by Gasteiger charge is -2.26. The molecule has 2 heterocycles. The van der Waals surface area contributed by atoms with Crippen LogP contribution in [-0.2, 0) is 76.4 Å². The molecule has 0 aliphatic carbocycles. The number of Topliss-reactive ketones (excluding diaryl/α,β-unsaturated/α-hetero) is 4. The quantitative estimate of drug-likeness (QED) is 0.0288. The Morgan fingerprint density at radius 2 is 0.870 bits per heavy atom. The van der Waals surface area contributed by atoms with Gasteiger partial charge in [0.05, 0.1) is 24.7 Å². The highest BCUT2D eigenvalue weighted by Gasteiger charge is 2.37. The number of esters is 1. The van der Waals surface area contributed by atoms with Gasteiger partial charge in [0.2, 0.25) is 46.6 Å². The largest absolute Gasteiger partial charge is 0.481 e. The van der Waals surface area contributed by atoms with Crippen molar-refractivity contribution >= 4 is 58.7 Å². The molecule has 92 heavy (non-hydrogen) atoms. The molecule has 4 aromatic rings. The molecule has 2 fully saturated rings. The van der Waals surface area contributed by atoms with Crippen LogP contribution in [0.25, 0.3) is 0 Å². The Morgan fingerprint density at radius 1 is 0.522 bits per heavy atom. The summed E-state index contributed by atoms with van der Waals surface area (Å²) in [6.45, 7) is 14.5. The number of likely N-dealkylation sites (tertiary alicyclic amines) is 2. The van der Waals surface area contributed by atoms with E-state index in [1.807, 2.05) is 65.8 Å². The van der Waals surface area contributed by atoms with Gasteiger partial charge in [0, 0.05) is 51.2 Å². The van der Waals surface area contributed by atoms with Crippen LogP contribution in [0.2, 0.25) is 0 Å². The summed E-state index contributed by atoms with van der Waals surface area (Å²) in [7, 11) is 0. The average molecular weight is 1300 g/mol. The van der Waals surface area contributed by atoms with Crippen LogP contribution in [0, 0.1) is 58.4 Å². The van der Waals surface area contributed by atoms with Gasteiger partial charge < -0.3 is 39.8 Å². The Balaban J connectivity index is 0.000000335. The lowest BCUT2D eigenvalue weighted by Crippen LogP contribution is -2.49. The number of amides is 4. The zero-order chi connectivity index (χ0) is 68.7. The standard InChI is InChI=1S/C35H42F4N2O7.C31H34F4N2O7/c1-34(2,3)22-13-8-7-11-20(22)15-26(42)33(46)41-14-10-9-12-21(18-41)32(45)40-25(17-28(44)48-35(4,5)6)27(43)19-47-31-29(38)23(36)16-24(37)30(31)39;1-31(2,3)19-10-5-4-8-17(19)12-23(38)30(43)37-11-7-6-9-18(15-37)29(42)36-22(14-25(40)41)24(39)16-44-28-26(34)20(32)13-21(33)27(28)35/h7-8,11,13,16,21,25H,9-10,12,14-15,17-19H2,1-6H3,(H,40,45);4-5,8,10,13,18,22H,6-7,9,11-12,14-16H2,1-3H3,(H,36,42)(H,40,41)/t21-,25-;18-,22-/m00/s1. The Kier molecular flexibility index (Phi) is 25.9. The van der Waals surface area contributed by atoms with Crippen molar-refractivity contribution in [3.8, 4) is 11.5 Å². The number of carboxylic acids is 1. The third-order valence-corrected chi connectivity index (χ3v) is 14.9. The molecule has 2 aliphatic rings. The van der Waals surface area contributed by atoms with E-state index in [1.54, 1.807) is 45.0 Å². The van der Waals surface area contributed by atoms with Crippen LogP contribution in [0.1, 0.15) is 136 Å². The zero-order valence-corrected chi connectivity index (χ0v) is 52.6. The Bertz CT molecular complexity index is 3380. The van der Waals surface area contributed by atoms with E-state index >= 15 is 0 Å². The fraction of sp³-hybridized carbons (Fsp3) is 0.485. The highest BCUT2D eigenvalue weighted by Crippen LogP contribution is 2.31. The minimum Gasteiger partial charge on any atom is -0.481 e. The lowest BCUT2D eigenvalue weighted by molar-refractivity contribution is -0.156. The van der Waals surface area contributed by atoms with Gasteiger partial charge in [0.15, 0.2) is 46.3 Å². The van der Waals surface area contributed by atoms with E-state index in [0.29, 0.717) is 37.7 Å². The molecular weight excluding hydrogens is 1220 g/mol. The van der Waals surface area contributed by atoms with Crippen LogP contribution in [0.15, 0.2) is 60.7 Å². The Labute approximate surface area is 527 Å². The predicted molar refractivity (Wildman–Crippen MR) is 316 cm³/mol. The fourth-order valence-corrected chi connectivity index (χ4v) is 10.4. The van der Waals surface area contributed by atoms with Crippen molar-refractivity contribution in [2.24, 2.45) is 11.8 Å². The molecule has 3 N–H and O–H groups in total. The van der Waals surface area contributed by atoms with Gasteiger partial charge in [-0.15, -0.1) is 0 Å². The number of hydrogen-bond donors (Lipinski definition) is 3. The summed E-state index contributed by atoms with van der Waals surface area (Å²) in [6, 6.07) is 11.2. The van der Waals surface area contributed by atoms with Crippen molar-refractivity contribution in [3.05, 3.63) is 129 Å². The highest BCUT2D eigenvalue weighted by molar-refractivity contribution is 6.37. The van der Waals surface area contributed by atoms with Crippen LogP contribution < -0.4 is 20.1 Å². The number of carbonyl (C=O) groups is 10. The maximum Gasteiger partial charge on any atom is 0.308 e. The lowest BCUT2D eigenvalue weighted by atomic mass is 9.82. The molecular formula is C66H76F8N4O14. The van der Waals surface area contributed by atoms with Crippen molar-refractivity contribution in [2.45, 2.75) is 155 Å². The van der Waals surface area contributed by atoms with Crippen LogP contribution in [0.4, 0.5) is 35.1 Å². The molecule has 4 atom stereocenters. The predicted octanol–water partition coefficient (Wildman–Crippen LogP) is 9.03. The molecule has 0 unspecified atom stereocenters. The van der Waals surface area contributed by atoms with Crippen molar-refractivity contribution in [1.82, 2.24) is 20.4 Å². The van der Waals surface area contributed by atoms with Crippen LogP contribution in [0.3, 0.4) is 0 Å². The first-order valence-corrected chi connectivity index (χ1v) is 29.7. The molecule has 4 amide bonds. The minimum atomic E-state index is -1.89. The van der Waals surface area contributed by atoms with E-state index in [2.05, 4.69) is 15.4 Å². The van der Waals surface area contributed by atoms with Gasteiger partial charge in [-0.05, 0) is 79.5 Å². The number of hydrogen-bond acceptors (Lipinski definition) is 13. The number of halogens is 8. The number of nitrogens with zero attached hydrogens (tertiary/aromatic N) is 2. The molecule has 0 bridgehead atoms. The van der Waals surface area contributed by atoms with Gasteiger partial charge in [-0.3, -0.25) is 47.9 Å². The molecule has 0 saturated carbocycles. The maximum atomic E-state index is 14.1. The third kappa shape index (κ3) is 21.0. The number of benzene rings is 4. The van der Waals surface area contributed by atoms with E-state index in [1.165, 1.54) is 9.80 Å². The molecule has 6 rings (SSSR count). The van der Waals surface area contributed by atoms with Crippen molar-refractivity contribution in [2.75, 3.05) is 39.4 Å². The van der Waals surface area contributed by atoms with E-state index in [4.69, 9.17) is 9.47 Å². The van der Waals surface area contributed by atoms with Crippen molar-refractivity contribution in [1.29, 1.82) is 0 Å². The number of aliphatic carboxylic acids is 1. The number of nitrogens with one attached hydrogen (secondary N) is 2. The maximum absolute atomic E-state index is 14.1. The number of ketones is 4. The molecule has 4 aromatic carbocycles. The molecule has 2 saturated heterocycles. The summed E-state index contributed by atoms with van der Waals surface area (Å²) in [5, 5.41) is 14.0. The molecule has 500 valence electrons. The van der Waals surface area contributed by atoms with Crippen molar-refractivity contribution in [3.63, 3.8) is 0 Å². The number of rotatable bonds is 22. The van der Waals surface area contributed by atoms with E-state index in [0.717, 1.165) is 16.7 Å². The summed E-state index contributed by atoms with van der Waals surface area (Å²) in [5.74, 6) is -28.3. The first-order chi connectivity index (χ1) is 42.9. The molecule has 0 radical (unpaired) electrons. The fourth-order valence-electron chi connectivity index (χ4n) is 10.4.